The van der Waals surface area contributed by atoms with E-state index in [0.29, 0.717) is 12.4 Å². The maximum atomic E-state index is 6.06. The second-order valence-corrected chi connectivity index (χ2v) is 4.96. The fourth-order valence-corrected chi connectivity index (χ4v) is 2.18. The molecule has 0 saturated heterocycles. The molecule has 3 aromatic rings. The van der Waals surface area contributed by atoms with E-state index >= 15 is 0 Å². The molecule has 0 fully saturated rings. The molecule has 0 unspecified atom stereocenters. The van der Waals surface area contributed by atoms with Crippen LogP contribution < -0.4 is 5.73 Å². The van der Waals surface area contributed by atoms with Gasteiger partial charge in [0, 0.05) is 11.6 Å². The highest BCUT2D eigenvalue weighted by atomic mass is 15.3. The normalized spacial score (nSPS) is 10.7. The number of rotatable bonds is 3. The fraction of sp³-hybridized carbons (Fsp3) is 0.118. The van der Waals surface area contributed by atoms with Crippen molar-refractivity contribution in [3.8, 4) is 11.3 Å². The summed E-state index contributed by atoms with van der Waals surface area (Å²) in [6.45, 7) is 2.77. The van der Waals surface area contributed by atoms with Gasteiger partial charge in [0.2, 0.25) is 0 Å². The first-order chi connectivity index (χ1) is 9.72. The molecule has 0 aliphatic rings. The Hall–Kier alpha value is -2.55. The van der Waals surface area contributed by atoms with Gasteiger partial charge in [-0.2, -0.15) is 5.10 Å². The molecule has 0 bridgehead atoms. The zero-order chi connectivity index (χ0) is 13.9. The standard InChI is InChI=1S/C17H17N3/c1-13-7-9-15(10-8-13)16-11-17(18)20(19-16)12-14-5-3-2-4-6-14/h2-11H,12,18H2,1H3. The smallest absolute Gasteiger partial charge is 0.122 e. The Morgan fingerprint density at radius 3 is 2.40 bits per heavy atom. The molecule has 0 atom stereocenters. The van der Waals surface area contributed by atoms with Gasteiger partial charge in [0.1, 0.15) is 5.82 Å². The summed E-state index contributed by atoms with van der Waals surface area (Å²) < 4.78 is 1.84. The highest BCUT2D eigenvalue weighted by molar-refractivity contribution is 5.62. The van der Waals surface area contributed by atoms with Gasteiger partial charge >= 0.3 is 0 Å². The van der Waals surface area contributed by atoms with Gasteiger partial charge in [-0.05, 0) is 12.5 Å². The number of aryl methyl sites for hydroxylation is 1. The van der Waals surface area contributed by atoms with Crippen LogP contribution in [0.25, 0.3) is 11.3 Å². The number of benzene rings is 2. The zero-order valence-corrected chi connectivity index (χ0v) is 11.5. The van der Waals surface area contributed by atoms with Crippen LogP contribution in [-0.2, 0) is 6.54 Å². The van der Waals surface area contributed by atoms with Crippen LogP contribution in [0.4, 0.5) is 5.82 Å². The van der Waals surface area contributed by atoms with Crippen molar-refractivity contribution in [1.82, 2.24) is 9.78 Å². The first-order valence-corrected chi connectivity index (χ1v) is 6.67. The molecule has 0 saturated carbocycles. The van der Waals surface area contributed by atoms with Gasteiger partial charge in [0.25, 0.3) is 0 Å². The summed E-state index contributed by atoms with van der Waals surface area (Å²) in [6.07, 6.45) is 0. The van der Waals surface area contributed by atoms with Crippen LogP contribution in [0.15, 0.2) is 60.7 Å². The molecule has 3 nitrogen and oxygen atoms in total. The number of nitrogens with two attached hydrogens (primary N) is 1. The lowest BCUT2D eigenvalue weighted by atomic mass is 10.1. The molecule has 2 N–H and O–H groups in total. The van der Waals surface area contributed by atoms with E-state index in [2.05, 4.69) is 48.4 Å². The molecular weight excluding hydrogens is 246 g/mol. The molecule has 0 radical (unpaired) electrons. The second kappa shape index (κ2) is 5.21. The second-order valence-electron chi connectivity index (χ2n) is 4.96. The number of nitrogens with zero attached hydrogens (tertiary/aromatic N) is 2. The average Bonchev–Trinajstić information content (AvgIpc) is 2.82. The van der Waals surface area contributed by atoms with Crippen LogP contribution in [0, 0.1) is 6.92 Å². The van der Waals surface area contributed by atoms with Gasteiger partial charge < -0.3 is 5.73 Å². The summed E-state index contributed by atoms with van der Waals surface area (Å²) in [5.74, 6) is 0.685. The first kappa shape index (κ1) is 12.5. The number of hydrogen-bond acceptors (Lipinski definition) is 2. The molecule has 3 rings (SSSR count). The zero-order valence-electron chi connectivity index (χ0n) is 11.5. The lowest BCUT2D eigenvalue weighted by molar-refractivity contribution is 0.700. The molecular formula is C17H17N3. The third-order valence-corrected chi connectivity index (χ3v) is 3.33. The Labute approximate surface area is 118 Å². The summed E-state index contributed by atoms with van der Waals surface area (Å²) in [4.78, 5) is 0. The molecule has 3 heteroatoms. The van der Waals surface area contributed by atoms with Crippen molar-refractivity contribution in [2.24, 2.45) is 0 Å². The highest BCUT2D eigenvalue weighted by Gasteiger charge is 2.07. The molecule has 1 aromatic heterocycles. The summed E-state index contributed by atoms with van der Waals surface area (Å²) >= 11 is 0. The lowest BCUT2D eigenvalue weighted by Gasteiger charge is -2.03. The third-order valence-electron chi connectivity index (χ3n) is 3.33. The minimum absolute atomic E-state index is 0.685. The van der Waals surface area contributed by atoms with E-state index < -0.39 is 0 Å². The van der Waals surface area contributed by atoms with E-state index in [9.17, 15) is 0 Å². The fourth-order valence-electron chi connectivity index (χ4n) is 2.18. The topological polar surface area (TPSA) is 43.8 Å². The number of nitrogen functional groups attached to an aromatic ring is 1. The summed E-state index contributed by atoms with van der Waals surface area (Å²) in [5.41, 5.74) is 10.5. The number of hydrogen-bond donors (Lipinski definition) is 1. The van der Waals surface area contributed by atoms with Crippen molar-refractivity contribution >= 4 is 5.82 Å². The van der Waals surface area contributed by atoms with Gasteiger partial charge in [-0.15, -0.1) is 0 Å². The summed E-state index contributed by atoms with van der Waals surface area (Å²) in [6, 6.07) is 20.4. The van der Waals surface area contributed by atoms with E-state index in [1.54, 1.807) is 0 Å². The van der Waals surface area contributed by atoms with Crippen molar-refractivity contribution in [1.29, 1.82) is 0 Å². The predicted octanol–water partition coefficient (Wildman–Crippen LogP) is 3.49. The van der Waals surface area contributed by atoms with Crippen molar-refractivity contribution < 1.29 is 0 Å². The summed E-state index contributed by atoms with van der Waals surface area (Å²) in [7, 11) is 0. The van der Waals surface area contributed by atoms with Crippen molar-refractivity contribution in [3.05, 3.63) is 71.8 Å². The van der Waals surface area contributed by atoms with Crippen LogP contribution >= 0.6 is 0 Å². The third kappa shape index (κ3) is 2.57. The minimum Gasteiger partial charge on any atom is -0.384 e. The van der Waals surface area contributed by atoms with E-state index in [1.165, 1.54) is 11.1 Å². The Morgan fingerprint density at radius 2 is 1.70 bits per heavy atom. The summed E-state index contributed by atoms with van der Waals surface area (Å²) in [5, 5.41) is 4.60. The van der Waals surface area contributed by atoms with Crippen molar-refractivity contribution in [2.45, 2.75) is 13.5 Å². The Kier molecular flexibility index (Phi) is 3.25. The van der Waals surface area contributed by atoms with Crippen LogP contribution in [-0.4, -0.2) is 9.78 Å². The van der Waals surface area contributed by atoms with Gasteiger partial charge in [-0.25, -0.2) is 4.68 Å². The molecule has 0 aliphatic heterocycles. The van der Waals surface area contributed by atoms with E-state index in [1.807, 2.05) is 28.9 Å². The van der Waals surface area contributed by atoms with Crippen LogP contribution in [0.5, 0.6) is 0 Å². The van der Waals surface area contributed by atoms with E-state index in [0.717, 1.165) is 11.3 Å². The average molecular weight is 263 g/mol. The molecule has 0 aliphatic carbocycles. The maximum Gasteiger partial charge on any atom is 0.122 e. The SMILES string of the molecule is Cc1ccc(-c2cc(N)n(Cc3ccccc3)n2)cc1. The highest BCUT2D eigenvalue weighted by Crippen LogP contribution is 2.21. The monoisotopic (exact) mass is 263 g/mol. The number of aromatic nitrogens is 2. The molecule has 2 aromatic carbocycles. The van der Waals surface area contributed by atoms with Gasteiger partial charge in [0.05, 0.1) is 12.2 Å². The van der Waals surface area contributed by atoms with Crippen LogP contribution in [0.1, 0.15) is 11.1 Å². The van der Waals surface area contributed by atoms with Gasteiger partial charge in [-0.3, -0.25) is 0 Å². The molecule has 0 amide bonds. The van der Waals surface area contributed by atoms with Crippen molar-refractivity contribution in [3.63, 3.8) is 0 Å². The number of anilines is 1. The Morgan fingerprint density at radius 1 is 1.00 bits per heavy atom. The largest absolute Gasteiger partial charge is 0.384 e. The Balaban J connectivity index is 1.89. The lowest BCUT2D eigenvalue weighted by Crippen LogP contribution is -2.05. The van der Waals surface area contributed by atoms with Gasteiger partial charge in [0.15, 0.2) is 0 Å². The minimum atomic E-state index is 0.685. The predicted molar refractivity (Wildman–Crippen MR) is 82.4 cm³/mol. The quantitative estimate of drug-likeness (QED) is 0.786. The maximum absolute atomic E-state index is 6.06. The van der Waals surface area contributed by atoms with Crippen LogP contribution in [0.3, 0.4) is 0 Å². The molecule has 20 heavy (non-hydrogen) atoms. The Bertz CT molecular complexity index is 697. The molecule has 0 spiro atoms. The molecule has 1 heterocycles. The van der Waals surface area contributed by atoms with E-state index in [-0.39, 0.29) is 0 Å². The van der Waals surface area contributed by atoms with Gasteiger partial charge in [-0.1, -0.05) is 60.2 Å². The first-order valence-electron chi connectivity index (χ1n) is 6.67. The van der Waals surface area contributed by atoms with Crippen LogP contribution in [0.2, 0.25) is 0 Å². The molecule has 100 valence electrons. The van der Waals surface area contributed by atoms with E-state index in [4.69, 9.17) is 5.73 Å². The van der Waals surface area contributed by atoms with Crippen molar-refractivity contribution in [2.75, 3.05) is 5.73 Å².